The van der Waals surface area contributed by atoms with Crippen molar-refractivity contribution in [3.8, 4) is 0 Å². The van der Waals surface area contributed by atoms with Crippen LogP contribution in [0.5, 0.6) is 0 Å². The second-order valence-corrected chi connectivity index (χ2v) is 33.6. The van der Waals surface area contributed by atoms with Crippen LogP contribution in [0.25, 0.3) is 198 Å². The Hall–Kier alpha value is -14.0. The van der Waals surface area contributed by atoms with Gasteiger partial charge in [-0.25, -0.2) is 0 Å². The van der Waals surface area contributed by atoms with E-state index in [0.717, 1.165) is 0 Å². The van der Waals surface area contributed by atoms with Gasteiger partial charge in [-0.15, -0.1) is 0 Å². The fraction of sp³-hybridized carbons (Fsp3) is 1.00. The van der Waals surface area contributed by atoms with Crippen molar-refractivity contribution >= 4 is 0 Å². The lowest BCUT2D eigenvalue weighted by atomic mass is 9.87. The fourth-order valence-electron chi connectivity index (χ4n) is 15.4. The van der Waals surface area contributed by atoms with Crippen LogP contribution in [0, 0.1) is 0 Å². The molecule has 0 radical (unpaired) electrons. The molecule has 0 saturated carbocycles. The second-order valence-electron chi connectivity index (χ2n) is 33.6. The van der Waals surface area contributed by atoms with E-state index in [2.05, 4.69) is 190 Å². The first-order valence-corrected chi connectivity index (χ1v) is 41.7. The minimum atomic E-state index is -1.70. The minimum Gasteiger partial charge on any atom is -0.393 e. The summed E-state index contributed by atoms with van der Waals surface area (Å²) in [4.78, 5) is 49.9. The first-order chi connectivity index (χ1) is 66.9. The van der Waals surface area contributed by atoms with E-state index in [1.54, 1.807) is 0 Å². The van der Waals surface area contributed by atoms with Crippen molar-refractivity contribution < 1.29 is 115 Å². The summed E-state index contributed by atoms with van der Waals surface area (Å²) in [5.74, 6) is -11.7. The quantitative estimate of drug-likeness (QED) is 0.0165. The number of azide groups is 19. The predicted octanol–water partition coefficient (Wildman–Crippen LogP) is 11.3. The van der Waals surface area contributed by atoms with E-state index in [1.807, 2.05) is 0 Å². The Morgan fingerprint density at radius 1 is 0.215 bits per heavy atom. The lowest BCUT2D eigenvalue weighted by Crippen LogP contribution is -2.58. The minimum absolute atomic E-state index is 0. The van der Waals surface area contributed by atoms with Crippen molar-refractivity contribution in [1.29, 1.82) is 0 Å². The largest absolute Gasteiger partial charge is 0.393 e. The average molecular weight is 2050 g/mol. The number of aliphatic hydroxyl groups is 16. The topological polar surface area (TPSA) is 1310 Å². The van der Waals surface area contributed by atoms with Crippen LogP contribution in [0.2, 0.25) is 0 Å². The number of rotatable bonds is 33. The number of hydrogen-bond acceptors (Lipinski definition) is 42. The fourth-order valence-corrected chi connectivity index (χ4v) is 15.4. The van der Waals surface area contributed by atoms with Gasteiger partial charge in [0, 0.05) is 150 Å². The van der Waals surface area contributed by atoms with E-state index in [4.69, 9.17) is 138 Å². The molecule has 0 aromatic heterocycles. The molecule has 7 fully saturated rings. The molecule has 0 amide bonds. The summed E-state index contributed by atoms with van der Waals surface area (Å²) in [6.45, 7) is 19.2. The van der Waals surface area contributed by atoms with Crippen molar-refractivity contribution in [3.05, 3.63) is 198 Å². The molecule has 7 saturated heterocycles. The Morgan fingerprint density at radius 2 is 0.382 bits per heavy atom. The van der Waals surface area contributed by atoms with Crippen molar-refractivity contribution in [2.24, 2.45) is 97.2 Å². The molecule has 0 aliphatic carbocycles. The van der Waals surface area contributed by atoms with E-state index in [0.29, 0.717) is 0 Å². The van der Waals surface area contributed by atoms with Gasteiger partial charge in [0.1, 0.15) is 6.10 Å². The third-order valence-corrected chi connectivity index (χ3v) is 21.5. The van der Waals surface area contributed by atoms with E-state index in [9.17, 15) is 81.7 Å². The maximum absolute atomic E-state index is 10.2. The highest BCUT2D eigenvalue weighted by Gasteiger charge is 2.55. The highest BCUT2D eigenvalue weighted by Crippen LogP contribution is 2.42. The molecule has 144 heavy (non-hydrogen) atoms. The van der Waals surface area contributed by atoms with Gasteiger partial charge < -0.3 is 115 Å². The molecule has 0 aromatic rings. The Kier molecular flexibility index (Phi) is 55.7. The zero-order valence-corrected chi connectivity index (χ0v) is 78.2. The Bertz CT molecular complexity index is 5100. The first kappa shape index (κ1) is 130. The lowest BCUT2D eigenvalue weighted by Gasteiger charge is -2.44. The molecule has 7 aliphatic heterocycles. The van der Waals surface area contributed by atoms with Crippen molar-refractivity contribution in [2.75, 3.05) is 0 Å². The second kappa shape index (κ2) is 61.7. The van der Waals surface area contributed by atoms with Gasteiger partial charge in [-0.1, -0.05) is 132 Å². The molecule has 7 aliphatic rings. The third kappa shape index (κ3) is 40.8. The number of aliphatic hydroxyl groups excluding tert-OH is 9. The highest BCUT2D eigenvalue weighted by molar-refractivity contribution is 5.09. The van der Waals surface area contributed by atoms with Crippen LogP contribution in [0.1, 0.15) is 149 Å². The maximum Gasteiger partial charge on any atom is 0.165 e. The van der Waals surface area contributed by atoms with E-state index < -0.39 is 253 Å². The summed E-state index contributed by atoms with van der Waals surface area (Å²) in [5, 5.41) is 224. The van der Waals surface area contributed by atoms with Crippen LogP contribution < -0.4 is 0 Å². The highest BCUT2D eigenvalue weighted by atomic mass is 16.7. The van der Waals surface area contributed by atoms with Crippen molar-refractivity contribution in [1.82, 2.24) is 0 Å². The molecule has 0 aromatic carbocycles. The van der Waals surface area contributed by atoms with Crippen molar-refractivity contribution in [2.45, 2.75) is 402 Å². The summed E-state index contributed by atoms with van der Waals surface area (Å²) in [6.07, 6.45) is -19.9. The van der Waals surface area contributed by atoms with Gasteiger partial charge >= 0.3 is 0 Å². The molecular weight excluding hydrogens is 1940 g/mol. The lowest BCUT2D eigenvalue weighted by molar-refractivity contribution is -0.283. The van der Waals surface area contributed by atoms with Gasteiger partial charge in [0.05, 0.1) is 194 Å². The first-order valence-electron chi connectivity index (χ1n) is 41.7. The Balaban J connectivity index is 0.00000166. The summed E-state index contributed by atoms with van der Waals surface area (Å²) < 4.78 is 37.3. The van der Waals surface area contributed by atoms with Crippen LogP contribution >= 0.6 is 0 Å². The Labute approximate surface area is 810 Å². The SMILES string of the molecule is C.CC(N=[N+]=[N-])C(N=[N+]=[N-])C1OC(C)(O)C[C@@H](N=[N+]=[N-])[C@H]1N=[N+]=[N-].CC(N=[N+]=[N-])C(N=[N+]=[N-])C1OC(C)(O)C[C@@H](O)[C@H]1N=[N+]=[N-].CC(N=[N+]=[N-])C(O)C1OC(C)(O)C[C@@H](N=[N+]=[N-])[C@H]1N=[N+]=[N-].CC(N=[N+]=[N-])C(O)C1OC(C)(O)C[C@@H](O)[C@H]1N=[N+]=[N-].CC(O)C(N=[N+]=[N-])C1OC(C)(O)C[C@@H](N=[N+]=[N-])[C@H]1N=[N+]=[N-].CC(O)C(N=[N+]=[N-])C1OC(C)(O)C[C@@H](O)[C@H]1N=[N+]=[N-].CC(O)C(O)C1OC(C)(O)C[C@@H](N=[N+]=[N-])[C@H]1N=[N+]=[N-]. The normalized spacial score (nSPS) is 35.1. The molecule has 80 nitrogen and oxygen atoms in total. The van der Waals surface area contributed by atoms with Gasteiger partial charge in [0.2, 0.25) is 0 Å². The molecule has 0 bridgehead atoms. The molecular formula is C64H111N57O23. The molecule has 80 heteroatoms. The van der Waals surface area contributed by atoms with Crippen LogP contribution in [0.15, 0.2) is 97.2 Å². The van der Waals surface area contributed by atoms with E-state index in [-0.39, 0.29) is 52.4 Å². The van der Waals surface area contributed by atoms with Crippen LogP contribution in [0.3, 0.4) is 0 Å². The average Bonchev–Trinajstić information content (AvgIpc) is 0.792. The smallest absolute Gasteiger partial charge is 0.165 e. The molecule has 28 unspecified atom stereocenters. The zero-order chi connectivity index (χ0) is 109. The molecule has 7 rings (SSSR count). The molecule has 0 spiro atoms. The third-order valence-electron chi connectivity index (χ3n) is 21.5. The van der Waals surface area contributed by atoms with Crippen LogP contribution in [-0.4, -0.2) is 335 Å². The maximum atomic E-state index is 10.2. The Morgan fingerprint density at radius 3 is 0.604 bits per heavy atom. The van der Waals surface area contributed by atoms with Crippen LogP contribution in [-0.2, 0) is 33.2 Å². The molecule has 16 N–H and O–H groups in total. The molecule has 790 valence electrons. The van der Waals surface area contributed by atoms with Crippen LogP contribution in [0.4, 0.5) is 0 Å². The number of nitrogens with zero attached hydrogens (tertiary/aromatic N) is 57. The van der Waals surface area contributed by atoms with Gasteiger partial charge in [0.25, 0.3) is 0 Å². The van der Waals surface area contributed by atoms with Gasteiger partial charge in [-0.3, -0.25) is 0 Å². The standard InChI is InChI=1S/C9H14N12O2.3C9H15N9O3.3C9H16N6O4.CH4/c1-4(14-18-10)6(16-20-12)8-7(17-21-13)5(15-19-11)3-9(2,22)23-8;1-4(13-16-10)7(19)8-6(15-18-12)5(14-17-11)3-9(2,20)21-8;1-4(19)6(14-17-11)8-7(15-18-12)5(13-16-10)3-9(2,20)21-8;1-4(13-16-10)6(14-17-11)8-7(15-18-12)5(19)3-9(2,20)21-8;1-4(16)7(17)8-6(13-15-11)5(12-14-10)3-9(2,18)19-8;1-4(12-14-10)7(17)8-6(13-15-11)5(16)3-9(2,18)19-8;1-4(16)6(12-14-10)8-7(13-15-11)5(17)3-9(2,18)19-8;/h4-8,22H,3H2,1-2H3;3*4-8,19-20H,3H2,1-2H3;3*4-8,16-18H,3H2,1-2H3;1H4/t4?,5-,6?,7-,8?,9?;4?,5-,6-,7?,8?,9?;2*4?,5-,6?,7-,8?,9?;2*4?,5-,6-,7?,8?,9?;4?,5-,6?,7-,8?,9?;/m1111111./s1. The summed E-state index contributed by atoms with van der Waals surface area (Å²) in [6, 6.07) is -18.7. The monoisotopic (exact) mass is 2050 g/mol. The van der Waals surface area contributed by atoms with Gasteiger partial charge in [-0.05, 0) is 174 Å². The summed E-state index contributed by atoms with van der Waals surface area (Å²) in [7, 11) is 0. The van der Waals surface area contributed by atoms with Gasteiger partial charge in [-0.2, -0.15) is 0 Å². The van der Waals surface area contributed by atoms with Crippen molar-refractivity contribution in [3.63, 3.8) is 0 Å². The predicted molar refractivity (Wildman–Crippen MR) is 487 cm³/mol. The van der Waals surface area contributed by atoms with E-state index in [1.165, 1.54) is 96.9 Å². The zero-order valence-electron chi connectivity index (χ0n) is 78.2. The number of ether oxygens (including phenoxy) is 7. The number of hydrogen-bond donors (Lipinski definition) is 16. The molecule has 42 atom stereocenters. The van der Waals surface area contributed by atoms with E-state index >= 15 is 0 Å². The van der Waals surface area contributed by atoms with Gasteiger partial charge in [0.15, 0.2) is 40.5 Å². The summed E-state index contributed by atoms with van der Waals surface area (Å²) >= 11 is 0. The molecule has 7 heterocycles. The summed E-state index contributed by atoms with van der Waals surface area (Å²) in [5.41, 5.74) is 163.